The lowest BCUT2D eigenvalue weighted by Gasteiger charge is -2.07. The SMILES string of the molecule is Cc1nccn1-c1ncc(NC(=O)CNC(=O)c2ccccc2)cn1. The van der Waals surface area contributed by atoms with E-state index in [1.807, 2.05) is 13.0 Å². The van der Waals surface area contributed by atoms with E-state index in [1.54, 1.807) is 41.2 Å². The Morgan fingerprint density at radius 3 is 2.44 bits per heavy atom. The predicted molar refractivity (Wildman–Crippen MR) is 91.3 cm³/mol. The molecule has 2 heterocycles. The largest absolute Gasteiger partial charge is 0.343 e. The van der Waals surface area contributed by atoms with Gasteiger partial charge in [-0.1, -0.05) is 18.2 Å². The zero-order chi connectivity index (χ0) is 17.6. The van der Waals surface area contributed by atoms with Gasteiger partial charge in [0.1, 0.15) is 5.82 Å². The van der Waals surface area contributed by atoms with Crippen LogP contribution in [0.5, 0.6) is 0 Å². The van der Waals surface area contributed by atoms with Gasteiger partial charge in [-0.25, -0.2) is 15.0 Å². The normalized spacial score (nSPS) is 10.3. The molecular weight excluding hydrogens is 320 g/mol. The molecule has 1 aromatic carbocycles. The second-order valence-corrected chi connectivity index (χ2v) is 5.21. The van der Waals surface area contributed by atoms with Crippen LogP contribution in [0.1, 0.15) is 16.2 Å². The molecule has 0 radical (unpaired) electrons. The molecule has 0 saturated carbocycles. The minimum absolute atomic E-state index is 0.143. The van der Waals surface area contributed by atoms with Crippen LogP contribution in [0.3, 0.4) is 0 Å². The maximum atomic E-state index is 11.9. The average molecular weight is 336 g/mol. The summed E-state index contributed by atoms with van der Waals surface area (Å²) in [5.41, 5.74) is 0.944. The third-order valence-electron chi connectivity index (χ3n) is 3.41. The Labute approximate surface area is 144 Å². The lowest BCUT2D eigenvalue weighted by atomic mass is 10.2. The molecule has 8 heteroatoms. The van der Waals surface area contributed by atoms with Gasteiger partial charge in [0.25, 0.3) is 5.91 Å². The van der Waals surface area contributed by atoms with E-state index >= 15 is 0 Å². The van der Waals surface area contributed by atoms with Crippen LogP contribution in [-0.4, -0.2) is 37.9 Å². The van der Waals surface area contributed by atoms with Crippen LogP contribution >= 0.6 is 0 Å². The molecule has 8 nitrogen and oxygen atoms in total. The highest BCUT2D eigenvalue weighted by Gasteiger charge is 2.09. The molecule has 0 fully saturated rings. The van der Waals surface area contributed by atoms with Crippen molar-refractivity contribution in [2.24, 2.45) is 0 Å². The number of hydrogen-bond donors (Lipinski definition) is 2. The van der Waals surface area contributed by atoms with Crippen molar-refractivity contribution >= 4 is 17.5 Å². The summed E-state index contributed by atoms with van der Waals surface area (Å²) in [6.45, 7) is 1.70. The summed E-state index contributed by atoms with van der Waals surface area (Å²) < 4.78 is 1.73. The number of nitrogens with one attached hydrogen (secondary N) is 2. The summed E-state index contributed by atoms with van der Waals surface area (Å²) in [6.07, 6.45) is 6.41. The number of nitrogens with zero attached hydrogens (tertiary/aromatic N) is 4. The molecule has 0 bridgehead atoms. The molecule has 2 amide bonds. The number of aromatic nitrogens is 4. The molecule has 0 saturated heterocycles. The van der Waals surface area contributed by atoms with Gasteiger partial charge in [-0.2, -0.15) is 0 Å². The van der Waals surface area contributed by atoms with E-state index in [0.717, 1.165) is 5.82 Å². The summed E-state index contributed by atoms with van der Waals surface area (Å²) in [5, 5.41) is 5.19. The molecule has 126 valence electrons. The van der Waals surface area contributed by atoms with E-state index in [4.69, 9.17) is 0 Å². The molecule has 0 aliphatic heterocycles. The van der Waals surface area contributed by atoms with Gasteiger partial charge in [0.05, 0.1) is 24.6 Å². The number of rotatable bonds is 5. The highest BCUT2D eigenvalue weighted by atomic mass is 16.2. The van der Waals surface area contributed by atoms with Crippen molar-refractivity contribution in [1.82, 2.24) is 24.8 Å². The highest BCUT2D eigenvalue weighted by Crippen LogP contribution is 2.07. The summed E-state index contributed by atoms with van der Waals surface area (Å²) >= 11 is 0. The van der Waals surface area contributed by atoms with Crippen molar-refractivity contribution in [2.45, 2.75) is 6.92 Å². The van der Waals surface area contributed by atoms with E-state index in [2.05, 4.69) is 25.6 Å². The fourth-order valence-electron chi connectivity index (χ4n) is 2.16. The number of benzene rings is 1. The smallest absolute Gasteiger partial charge is 0.251 e. The lowest BCUT2D eigenvalue weighted by molar-refractivity contribution is -0.115. The van der Waals surface area contributed by atoms with Gasteiger partial charge in [0.15, 0.2) is 0 Å². The average Bonchev–Trinajstić information content (AvgIpc) is 3.07. The first kappa shape index (κ1) is 16.3. The standard InChI is InChI=1S/C17H16N6O2/c1-12-18-7-8-23(12)17-20-9-14(10-21-17)22-15(24)11-19-16(25)13-5-3-2-4-6-13/h2-10H,11H2,1H3,(H,19,25)(H,22,24). The molecule has 2 aromatic heterocycles. The highest BCUT2D eigenvalue weighted by molar-refractivity contribution is 5.99. The molecule has 0 spiro atoms. The number of aryl methyl sites for hydroxylation is 1. The fourth-order valence-corrected chi connectivity index (χ4v) is 2.16. The maximum Gasteiger partial charge on any atom is 0.251 e. The van der Waals surface area contributed by atoms with E-state index in [0.29, 0.717) is 17.2 Å². The minimum Gasteiger partial charge on any atom is -0.343 e. The zero-order valence-electron chi connectivity index (χ0n) is 13.5. The van der Waals surface area contributed by atoms with Gasteiger partial charge in [-0.3, -0.25) is 14.2 Å². The van der Waals surface area contributed by atoms with Gasteiger partial charge in [-0.15, -0.1) is 0 Å². The second kappa shape index (κ2) is 7.35. The van der Waals surface area contributed by atoms with Crippen molar-refractivity contribution in [2.75, 3.05) is 11.9 Å². The van der Waals surface area contributed by atoms with Crippen molar-refractivity contribution in [3.8, 4) is 5.95 Å². The van der Waals surface area contributed by atoms with Crippen LogP contribution in [-0.2, 0) is 4.79 Å². The number of imidazole rings is 1. The molecule has 0 atom stereocenters. The van der Waals surface area contributed by atoms with Crippen molar-refractivity contribution in [1.29, 1.82) is 0 Å². The van der Waals surface area contributed by atoms with Gasteiger partial charge >= 0.3 is 0 Å². The number of amides is 2. The Bertz CT molecular complexity index is 874. The van der Waals surface area contributed by atoms with Gasteiger partial charge in [-0.05, 0) is 19.1 Å². The molecule has 3 rings (SSSR count). The minimum atomic E-state index is -0.362. The third-order valence-corrected chi connectivity index (χ3v) is 3.41. The van der Waals surface area contributed by atoms with Gasteiger partial charge in [0.2, 0.25) is 11.9 Å². The van der Waals surface area contributed by atoms with E-state index in [1.165, 1.54) is 12.4 Å². The summed E-state index contributed by atoms with van der Waals surface area (Å²) in [6, 6.07) is 8.69. The van der Waals surface area contributed by atoms with E-state index in [9.17, 15) is 9.59 Å². The lowest BCUT2D eigenvalue weighted by Crippen LogP contribution is -2.32. The molecule has 0 aliphatic rings. The molecule has 0 unspecified atom stereocenters. The van der Waals surface area contributed by atoms with Crippen LogP contribution in [0.2, 0.25) is 0 Å². The van der Waals surface area contributed by atoms with Crippen LogP contribution in [0.4, 0.5) is 5.69 Å². The van der Waals surface area contributed by atoms with E-state index < -0.39 is 0 Å². The molecule has 25 heavy (non-hydrogen) atoms. The van der Waals surface area contributed by atoms with Gasteiger partial charge < -0.3 is 10.6 Å². The van der Waals surface area contributed by atoms with Crippen LogP contribution in [0.15, 0.2) is 55.1 Å². The van der Waals surface area contributed by atoms with E-state index in [-0.39, 0.29) is 18.4 Å². The molecule has 0 aliphatic carbocycles. The second-order valence-electron chi connectivity index (χ2n) is 5.21. The van der Waals surface area contributed by atoms with Crippen molar-refractivity contribution in [3.05, 3.63) is 66.5 Å². The zero-order valence-corrected chi connectivity index (χ0v) is 13.5. The van der Waals surface area contributed by atoms with Crippen LogP contribution < -0.4 is 10.6 Å². The summed E-state index contributed by atoms with van der Waals surface area (Å²) in [5.74, 6) is 0.558. The fraction of sp³-hybridized carbons (Fsp3) is 0.118. The number of anilines is 1. The Morgan fingerprint density at radius 1 is 1.08 bits per heavy atom. The summed E-state index contributed by atoms with van der Waals surface area (Å²) in [7, 11) is 0. The topological polar surface area (TPSA) is 102 Å². The first-order valence-corrected chi connectivity index (χ1v) is 7.59. The Balaban J connectivity index is 1.55. The van der Waals surface area contributed by atoms with Crippen molar-refractivity contribution < 1.29 is 9.59 Å². The monoisotopic (exact) mass is 336 g/mol. The number of carbonyl (C=O) groups excluding carboxylic acids is 2. The Morgan fingerprint density at radius 2 is 1.80 bits per heavy atom. The molecule has 2 N–H and O–H groups in total. The van der Waals surface area contributed by atoms with Crippen molar-refractivity contribution in [3.63, 3.8) is 0 Å². The van der Waals surface area contributed by atoms with Crippen LogP contribution in [0.25, 0.3) is 5.95 Å². The first-order valence-electron chi connectivity index (χ1n) is 7.59. The number of carbonyl (C=O) groups is 2. The maximum absolute atomic E-state index is 11.9. The quantitative estimate of drug-likeness (QED) is 0.732. The van der Waals surface area contributed by atoms with Crippen LogP contribution in [0, 0.1) is 6.92 Å². The summed E-state index contributed by atoms with van der Waals surface area (Å²) in [4.78, 5) is 36.3. The Hall–Kier alpha value is -3.55. The number of hydrogen-bond acceptors (Lipinski definition) is 5. The molecule has 3 aromatic rings. The first-order chi connectivity index (χ1) is 12.1. The molecular formula is C17H16N6O2. The Kier molecular flexibility index (Phi) is 4.79. The predicted octanol–water partition coefficient (Wildman–Crippen LogP) is 1.34. The van der Waals surface area contributed by atoms with Gasteiger partial charge in [0, 0.05) is 18.0 Å². The third kappa shape index (κ3) is 4.05.